The van der Waals surface area contributed by atoms with E-state index in [1.807, 2.05) is 9.80 Å². The first kappa shape index (κ1) is 15.7. The molecule has 0 aliphatic carbocycles. The van der Waals surface area contributed by atoms with Crippen molar-refractivity contribution in [3.05, 3.63) is 0 Å². The molecule has 3 fully saturated rings. The Morgan fingerprint density at radius 3 is 2.09 bits per heavy atom. The van der Waals surface area contributed by atoms with E-state index in [4.69, 9.17) is 0 Å². The van der Waals surface area contributed by atoms with Crippen LogP contribution in [0.5, 0.6) is 0 Å². The molecular formula is C16H28N4O2. The molecule has 1 atom stereocenters. The van der Waals surface area contributed by atoms with Gasteiger partial charge in [-0.3, -0.25) is 14.5 Å². The zero-order valence-electron chi connectivity index (χ0n) is 13.4. The van der Waals surface area contributed by atoms with Gasteiger partial charge in [0.2, 0.25) is 11.8 Å². The summed E-state index contributed by atoms with van der Waals surface area (Å²) in [4.78, 5) is 30.7. The summed E-state index contributed by atoms with van der Waals surface area (Å²) in [6.07, 6.45) is 5.33. The maximum Gasteiger partial charge on any atom is 0.236 e. The van der Waals surface area contributed by atoms with Crippen molar-refractivity contribution < 1.29 is 9.59 Å². The molecule has 2 amide bonds. The molecule has 3 heterocycles. The van der Waals surface area contributed by atoms with Crippen molar-refractivity contribution in [2.45, 2.75) is 38.1 Å². The van der Waals surface area contributed by atoms with E-state index in [1.165, 1.54) is 19.3 Å². The van der Waals surface area contributed by atoms with Crippen LogP contribution in [-0.4, -0.2) is 84.9 Å². The Kier molecular flexibility index (Phi) is 5.31. The Balaban J connectivity index is 1.39. The van der Waals surface area contributed by atoms with Crippen molar-refractivity contribution in [2.24, 2.45) is 0 Å². The molecule has 6 nitrogen and oxygen atoms in total. The highest BCUT2D eigenvalue weighted by atomic mass is 16.2. The summed E-state index contributed by atoms with van der Waals surface area (Å²) in [5, 5.41) is 3.38. The van der Waals surface area contributed by atoms with Gasteiger partial charge < -0.3 is 15.1 Å². The van der Waals surface area contributed by atoms with Crippen LogP contribution in [-0.2, 0) is 9.59 Å². The average molecular weight is 308 g/mol. The maximum absolute atomic E-state index is 12.3. The minimum atomic E-state index is 0.228. The van der Waals surface area contributed by atoms with Crippen molar-refractivity contribution in [2.75, 3.05) is 52.4 Å². The molecule has 0 spiro atoms. The van der Waals surface area contributed by atoms with Gasteiger partial charge in [0.15, 0.2) is 0 Å². The van der Waals surface area contributed by atoms with Crippen LogP contribution in [0.25, 0.3) is 0 Å². The van der Waals surface area contributed by atoms with Crippen molar-refractivity contribution in [1.29, 1.82) is 0 Å². The Bertz CT molecular complexity index is 357. The number of piperazine rings is 1. The molecule has 0 bridgehead atoms. The molecule has 1 unspecified atom stereocenters. The molecule has 3 aliphatic heterocycles. The standard InChI is InChI=1S/C16H28N4O2/c21-15(12-14-4-3-5-17-14)19-8-10-20(11-9-19)16(22)13-18-6-1-2-7-18/h14,17H,1-13H2. The van der Waals surface area contributed by atoms with Gasteiger partial charge >= 0.3 is 0 Å². The van der Waals surface area contributed by atoms with E-state index in [0.717, 1.165) is 26.1 Å². The fourth-order valence-corrected chi connectivity index (χ4v) is 3.71. The summed E-state index contributed by atoms with van der Waals surface area (Å²) in [5.41, 5.74) is 0. The van der Waals surface area contributed by atoms with Gasteiger partial charge in [-0.1, -0.05) is 0 Å². The monoisotopic (exact) mass is 308 g/mol. The second-order valence-electron chi connectivity index (χ2n) is 6.74. The lowest BCUT2D eigenvalue weighted by molar-refractivity contribution is -0.140. The molecule has 124 valence electrons. The second-order valence-corrected chi connectivity index (χ2v) is 6.74. The fraction of sp³-hybridized carbons (Fsp3) is 0.875. The highest BCUT2D eigenvalue weighted by Crippen LogP contribution is 2.13. The summed E-state index contributed by atoms with van der Waals surface area (Å²) in [6.45, 7) is 6.47. The number of rotatable bonds is 4. The lowest BCUT2D eigenvalue weighted by atomic mass is 10.1. The van der Waals surface area contributed by atoms with Crippen molar-refractivity contribution in [1.82, 2.24) is 20.0 Å². The van der Waals surface area contributed by atoms with Gasteiger partial charge in [-0.25, -0.2) is 0 Å². The van der Waals surface area contributed by atoms with E-state index in [1.54, 1.807) is 0 Å². The van der Waals surface area contributed by atoms with Gasteiger partial charge in [0.25, 0.3) is 0 Å². The highest BCUT2D eigenvalue weighted by Gasteiger charge is 2.27. The van der Waals surface area contributed by atoms with Crippen molar-refractivity contribution in [3.8, 4) is 0 Å². The fourth-order valence-electron chi connectivity index (χ4n) is 3.71. The van der Waals surface area contributed by atoms with E-state index in [9.17, 15) is 9.59 Å². The molecule has 0 radical (unpaired) electrons. The lowest BCUT2D eigenvalue weighted by Gasteiger charge is -2.36. The van der Waals surface area contributed by atoms with Crippen LogP contribution >= 0.6 is 0 Å². The van der Waals surface area contributed by atoms with Crippen LogP contribution in [0.15, 0.2) is 0 Å². The first-order valence-corrected chi connectivity index (χ1v) is 8.73. The SMILES string of the molecule is O=C(CC1CCCN1)N1CCN(C(=O)CN2CCCC2)CC1. The van der Waals surface area contributed by atoms with E-state index < -0.39 is 0 Å². The topological polar surface area (TPSA) is 55.9 Å². The van der Waals surface area contributed by atoms with Gasteiger partial charge in [-0.05, 0) is 45.3 Å². The second kappa shape index (κ2) is 7.42. The molecule has 22 heavy (non-hydrogen) atoms. The van der Waals surface area contributed by atoms with E-state index in [2.05, 4.69) is 10.2 Å². The Hall–Kier alpha value is -1.14. The molecule has 6 heteroatoms. The quantitative estimate of drug-likeness (QED) is 0.788. The van der Waals surface area contributed by atoms with Crippen LogP contribution in [0.2, 0.25) is 0 Å². The third-order valence-corrected chi connectivity index (χ3v) is 5.13. The lowest BCUT2D eigenvalue weighted by Crippen LogP contribution is -2.53. The van der Waals surface area contributed by atoms with Crippen LogP contribution in [0.4, 0.5) is 0 Å². The summed E-state index contributed by atoms with van der Waals surface area (Å²) >= 11 is 0. The predicted molar refractivity (Wildman–Crippen MR) is 84.5 cm³/mol. The van der Waals surface area contributed by atoms with E-state index >= 15 is 0 Å². The number of nitrogens with zero attached hydrogens (tertiary/aromatic N) is 3. The minimum Gasteiger partial charge on any atom is -0.339 e. The smallest absolute Gasteiger partial charge is 0.236 e. The Labute approximate surface area is 132 Å². The first-order chi connectivity index (χ1) is 10.7. The number of carbonyl (C=O) groups is 2. The summed E-state index contributed by atoms with van der Waals surface area (Å²) in [7, 11) is 0. The normalized spacial score (nSPS) is 26.6. The molecular weight excluding hydrogens is 280 g/mol. The molecule has 0 saturated carbocycles. The van der Waals surface area contributed by atoms with Gasteiger partial charge in [-0.2, -0.15) is 0 Å². The average Bonchev–Trinajstić information content (AvgIpc) is 3.21. The molecule has 0 aromatic rings. The number of carbonyl (C=O) groups excluding carboxylic acids is 2. The van der Waals surface area contributed by atoms with Gasteiger partial charge in [0, 0.05) is 38.6 Å². The minimum absolute atomic E-state index is 0.228. The number of likely N-dealkylation sites (tertiary alicyclic amines) is 1. The molecule has 3 aliphatic rings. The highest BCUT2D eigenvalue weighted by molar-refractivity contribution is 5.80. The maximum atomic E-state index is 12.3. The molecule has 3 saturated heterocycles. The molecule has 1 N–H and O–H groups in total. The predicted octanol–water partition coefficient (Wildman–Crippen LogP) is -0.105. The molecule has 3 rings (SSSR count). The van der Waals surface area contributed by atoms with Crippen LogP contribution in [0.1, 0.15) is 32.1 Å². The number of hydrogen-bond donors (Lipinski definition) is 1. The van der Waals surface area contributed by atoms with Gasteiger partial charge in [-0.15, -0.1) is 0 Å². The molecule has 0 aromatic carbocycles. The van der Waals surface area contributed by atoms with Crippen molar-refractivity contribution >= 4 is 11.8 Å². The zero-order valence-corrected chi connectivity index (χ0v) is 13.4. The largest absolute Gasteiger partial charge is 0.339 e. The van der Waals surface area contributed by atoms with E-state index in [-0.39, 0.29) is 11.8 Å². The van der Waals surface area contributed by atoms with Gasteiger partial charge in [0.1, 0.15) is 0 Å². The van der Waals surface area contributed by atoms with Crippen LogP contribution in [0.3, 0.4) is 0 Å². The molecule has 0 aromatic heterocycles. The summed E-state index contributed by atoms with van der Waals surface area (Å²) in [6, 6.07) is 0.363. The zero-order chi connectivity index (χ0) is 15.4. The third-order valence-electron chi connectivity index (χ3n) is 5.13. The van der Waals surface area contributed by atoms with Crippen LogP contribution < -0.4 is 5.32 Å². The van der Waals surface area contributed by atoms with Crippen molar-refractivity contribution in [3.63, 3.8) is 0 Å². The Morgan fingerprint density at radius 2 is 1.50 bits per heavy atom. The van der Waals surface area contributed by atoms with Crippen LogP contribution in [0, 0.1) is 0 Å². The number of hydrogen-bond acceptors (Lipinski definition) is 4. The summed E-state index contributed by atoms with van der Waals surface area (Å²) < 4.78 is 0. The van der Waals surface area contributed by atoms with E-state index in [0.29, 0.717) is 45.2 Å². The number of nitrogens with one attached hydrogen (secondary N) is 1. The first-order valence-electron chi connectivity index (χ1n) is 8.73. The summed E-state index contributed by atoms with van der Waals surface area (Å²) in [5.74, 6) is 0.470. The van der Waals surface area contributed by atoms with Gasteiger partial charge in [0.05, 0.1) is 6.54 Å². The Morgan fingerprint density at radius 1 is 0.864 bits per heavy atom. The third kappa shape index (κ3) is 3.98. The number of amides is 2.